The molecule has 1 aromatic rings. The SMILES string of the molecule is NS(=O)(=O)CC1CCN(C(=O)CN2CCN(c3ncccn3)CC2)C1. The number of rotatable bonds is 5. The van der Waals surface area contributed by atoms with E-state index in [0.29, 0.717) is 26.1 Å². The average Bonchev–Trinajstić information content (AvgIpc) is 3.03. The van der Waals surface area contributed by atoms with Gasteiger partial charge < -0.3 is 9.80 Å². The molecule has 1 atom stereocenters. The molecule has 2 saturated heterocycles. The third kappa shape index (κ3) is 5.10. The maximum atomic E-state index is 12.4. The molecule has 0 aliphatic carbocycles. The van der Waals surface area contributed by atoms with Gasteiger partial charge in [-0.15, -0.1) is 0 Å². The summed E-state index contributed by atoms with van der Waals surface area (Å²) in [5.41, 5.74) is 0. The number of nitrogens with two attached hydrogens (primary N) is 1. The highest BCUT2D eigenvalue weighted by Gasteiger charge is 2.30. The molecule has 1 aromatic heterocycles. The number of hydrogen-bond acceptors (Lipinski definition) is 7. The van der Waals surface area contributed by atoms with Crippen molar-refractivity contribution in [1.29, 1.82) is 0 Å². The summed E-state index contributed by atoms with van der Waals surface area (Å²) in [6, 6.07) is 1.79. The molecule has 1 unspecified atom stereocenters. The molecule has 1 amide bonds. The van der Waals surface area contributed by atoms with Crippen molar-refractivity contribution in [3.63, 3.8) is 0 Å². The van der Waals surface area contributed by atoms with Crippen LogP contribution >= 0.6 is 0 Å². The molecule has 10 heteroatoms. The maximum absolute atomic E-state index is 12.4. The minimum atomic E-state index is -3.48. The molecule has 9 nitrogen and oxygen atoms in total. The quantitative estimate of drug-likeness (QED) is 0.690. The van der Waals surface area contributed by atoms with Crippen molar-refractivity contribution in [3.05, 3.63) is 18.5 Å². The molecule has 3 rings (SSSR count). The molecule has 2 N–H and O–H groups in total. The highest BCUT2D eigenvalue weighted by molar-refractivity contribution is 7.89. The number of hydrogen-bond donors (Lipinski definition) is 1. The van der Waals surface area contributed by atoms with Crippen molar-refractivity contribution < 1.29 is 13.2 Å². The summed E-state index contributed by atoms with van der Waals surface area (Å²) < 4.78 is 22.4. The predicted molar refractivity (Wildman–Crippen MR) is 93.3 cm³/mol. The largest absolute Gasteiger partial charge is 0.341 e. The summed E-state index contributed by atoms with van der Waals surface area (Å²) in [6.07, 6.45) is 4.15. The molecule has 2 aliphatic rings. The second kappa shape index (κ2) is 7.63. The van der Waals surface area contributed by atoms with Gasteiger partial charge in [0.25, 0.3) is 0 Å². The molecule has 2 aliphatic heterocycles. The van der Waals surface area contributed by atoms with Crippen LogP contribution < -0.4 is 10.0 Å². The van der Waals surface area contributed by atoms with Crippen LogP contribution in [0.25, 0.3) is 0 Å². The standard InChI is InChI=1S/C15H24N6O3S/c16-25(23,24)12-13-2-5-21(10-13)14(22)11-19-6-8-20(9-7-19)15-17-3-1-4-18-15/h1,3-4,13H,2,5-12H2,(H2,16,23,24). The van der Waals surface area contributed by atoms with Crippen molar-refractivity contribution in [2.75, 3.05) is 56.5 Å². The molecule has 25 heavy (non-hydrogen) atoms. The molecule has 0 spiro atoms. The van der Waals surface area contributed by atoms with Gasteiger partial charge in [0, 0.05) is 51.7 Å². The summed E-state index contributed by atoms with van der Waals surface area (Å²) in [5, 5.41) is 5.09. The van der Waals surface area contributed by atoms with E-state index in [1.54, 1.807) is 23.4 Å². The van der Waals surface area contributed by atoms with E-state index in [9.17, 15) is 13.2 Å². The van der Waals surface area contributed by atoms with Gasteiger partial charge in [-0.05, 0) is 18.4 Å². The Morgan fingerprint density at radius 2 is 1.84 bits per heavy atom. The van der Waals surface area contributed by atoms with E-state index < -0.39 is 10.0 Å². The normalized spacial score (nSPS) is 22.4. The van der Waals surface area contributed by atoms with E-state index in [2.05, 4.69) is 19.8 Å². The van der Waals surface area contributed by atoms with Gasteiger partial charge in [0.15, 0.2) is 0 Å². The predicted octanol–water partition coefficient (Wildman–Crippen LogP) is -1.26. The average molecular weight is 368 g/mol. The van der Waals surface area contributed by atoms with Crippen LogP contribution in [0.5, 0.6) is 0 Å². The molecule has 0 radical (unpaired) electrons. The highest BCUT2D eigenvalue weighted by atomic mass is 32.2. The molecule has 3 heterocycles. The zero-order chi connectivity index (χ0) is 17.9. The Morgan fingerprint density at radius 1 is 1.16 bits per heavy atom. The fourth-order valence-electron chi connectivity index (χ4n) is 3.38. The van der Waals surface area contributed by atoms with Crippen LogP contribution in [0.15, 0.2) is 18.5 Å². The van der Waals surface area contributed by atoms with E-state index >= 15 is 0 Å². The van der Waals surface area contributed by atoms with Gasteiger partial charge in [0.1, 0.15) is 0 Å². The highest BCUT2D eigenvalue weighted by Crippen LogP contribution is 2.18. The van der Waals surface area contributed by atoms with Gasteiger partial charge in [-0.1, -0.05) is 0 Å². The van der Waals surface area contributed by atoms with E-state index in [4.69, 9.17) is 5.14 Å². The Balaban J connectivity index is 1.44. The number of aromatic nitrogens is 2. The van der Waals surface area contributed by atoms with Gasteiger partial charge >= 0.3 is 0 Å². The van der Waals surface area contributed by atoms with E-state index in [1.807, 2.05) is 0 Å². The Kier molecular flexibility index (Phi) is 5.50. The molecule has 2 fully saturated rings. The van der Waals surface area contributed by atoms with Crippen LogP contribution in [-0.2, 0) is 14.8 Å². The van der Waals surface area contributed by atoms with Crippen molar-refractivity contribution in [1.82, 2.24) is 19.8 Å². The summed E-state index contributed by atoms with van der Waals surface area (Å²) in [5.74, 6) is 0.679. The second-order valence-corrected chi connectivity index (χ2v) is 8.30. The van der Waals surface area contributed by atoms with Gasteiger partial charge in [-0.2, -0.15) is 0 Å². The van der Waals surface area contributed by atoms with E-state index in [-0.39, 0.29) is 17.6 Å². The zero-order valence-corrected chi connectivity index (χ0v) is 14.9. The molecule has 0 saturated carbocycles. The smallest absolute Gasteiger partial charge is 0.236 e. The Morgan fingerprint density at radius 3 is 2.48 bits per heavy atom. The lowest BCUT2D eigenvalue weighted by Crippen LogP contribution is -2.50. The number of piperazine rings is 1. The Bertz CT molecular complexity index is 690. The monoisotopic (exact) mass is 368 g/mol. The number of nitrogens with zero attached hydrogens (tertiary/aromatic N) is 5. The summed E-state index contributed by atoms with van der Waals surface area (Å²) >= 11 is 0. The van der Waals surface area contributed by atoms with Crippen LogP contribution in [0, 0.1) is 5.92 Å². The van der Waals surface area contributed by atoms with Crippen molar-refractivity contribution in [2.24, 2.45) is 11.1 Å². The maximum Gasteiger partial charge on any atom is 0.236 e. The number of carbonyl (C=O) groups excluding carboxylic acids is 1. The lowest BCUT2D eigenvalue weighted by atomic mass is 10.2. The summed E-state index contributed by atoms with van der Waals surface area (Å²) in [6.45, 7) is 4.57. The summed E-state index contributed by atoms with van der Waals surface area (Å²) in [4.78, 5) is 26.9. The first-order chi connectivity index (χ1) is 11.9. The molecule has 138 valence electrons. The molecular weight excluding hydrogens is 344 g/mol. The first-order valence-electron chi connectivity index (χ1n) is 8.43. The third-order valence-corrected chi connectivity index (χ3v) is 5.61. The Labute approximate surface area is 147 Å². The van der Waals surface area contributed by atoms with Crippen molar-refractivity contribution in [2.45, 2.75) is 6.42 Å². The molecule has 0 bridgehead atoms. The van der Waals surface area contributed by atoms with Crippen LogP contribution in [0.4, 0.5) is 5.95 Å². The first kappa shape index (κ1) is 18.0. The molecule has 0 aromatic carbocycles. The van der Waals surface area contributed by atoms with Gasteiger partial charge in [0.05, 0.1) is 12.3 Å². The topological polar surface area (TPSA) is 113 Å². The van der Waals surface area contributed by atoms with Crippen LogP contribution in [0.2, 0.25) is 0 Å². The lowest BCUT2D eigenvalue weighted by molar-refractivity contribution is -0.131. The van der Waals surface area contributed by atoms with Gasteiger partial charge in [-0.25, -0.2) is 23.5 Å². The van der Waals surface area contributed by atoms with E-state index in [1.165, 1.54) is 0 Å². The van der Waals surface area contributed by atoms with Crippen LogP contribution in [0.1, 0.15) is 6.42 Å². The Hall–Kier alpha value is -1.78. The third-order valence-electron chi connectivity index (χ3n) is 4.67. The van der Waals surface area contributed by atoms with Crippen LogP contribution in [-0.4, -0.2) is 85.7 Å². The number of primary sulfonamides is 1. The number of likely N-dealkylation sites (tertiary alicyclic amines) is 1. The van der Waals surface area contributed by atoms with E-state index in [0.717, 1.165) is 32.1 Å². The minimum Gasteiger partial charge on any atom is -0.341 e. The fourth-order valence-corrected chi connectivity index (χ4v) is 4.30. The zero-order valence-electron chi connectivity index (χ0n) is 14.1. The summed E-state index contributed by atoms with van der Waals surface area (Å²) in [7, 11) is -3.48. The minimum absolute atomic E-state index is 0.0491. The number of amides is 1. The van der Waals surface area contributed by atoms with Crippen molar-refractivity contribution in [3.8, 4) is 0 Å². The first-order valence-corrected chi connectivity index (χ1v) is 10.1. The van der Waals surface area contributed by atoms with Gasteiger partial charge in [0.2, 0.25) is 21.9 Å². The molecular formula is C15H24N6O3S. The second-order valence-electron chi connectivity index (χ2n) is 6.64. The number of anilines is 1. The fraction of sp³-hybridized carbons (Fsp3) is 0.667. The van der Waals surface area contributed by atoms with Crippen molar-refractivity contribution >= 4 is 21.9 Å². The number of carbonyl (C=O) groups is 1. The number of sulfonamides is 1. The van der Waals surface area contributed by atoms with Crippen LogP contribution in [0.3, 0.4) is 0 Å². The van der Waals surface area contributed by atoms with Gasteiger partial charge in [-0.3, -0.25) is 9.69 Å². The lowest BCUT2D eigenvalue weighted by Gasteiger charge is -2.34.